The van der Waals surface area contributed by atoms with Gasteiger partial charge in [-0.2, -0.15) is 5.10 Å². The zero-order valence-electron chi connectivity index (χ0n) is 18.1. The number of hydrogen-bond acceptors (Lipinski definition) is 4. The third kappa shape index (κ3) is 10.3. The van der Waals surface area contributed by atoms with Crippen LogP contribution in [0, 0.1) is 0 Å². The van der Waals surface area contributed by atoms with Crippen LogP contribution in [0.5, 0.6) is 11.5 Å². The van der Waals surface area contributed by atoms with Crippen LogP contribution in [0.4, 0.5) is 0 Å². The Morgan fingerprint density at radius 2 is 1.48 bits per heavy atom. The van der Waals surface area contributed by atoms with Crippen molar-refractivity contribution >= 4 is 12.1 Å². The van der Waals surface area contributed by atoms with Gasteiger partial charge < -0.3 is 9.47 Å². The van der Waals surface area contributed by atoms with Gasteiger partial charge in [-0.05, 0) is 30.2 Å². The van der Waals surface area contributed by atoms with Gasteiger partial charge in [0.1, 0.15) is 0 Å². The number of nitrogens with one attached hydrogen (secondary N) is 1. The van der Waals surface area contributed by atoms with Crippen LogP contribution >= 0.6 is 0 Å². The van der Waals surface area contributed by atoms with E-state index in [4.69, 9.17) is 9.47 Å². The normalized spacial score (nSPS) is 12.6. The standard InChI is InChI=1S/C24H38N2O3/c1-2-3-4-5-6-7-8-9-10-11-12-13-14-15-24(27)26-25-19-21-16-17-22-23(18-21)29-20-28-22/h16-19H,2-15,20H2,1H3,(H,26,27)/b25-19+. The number of ether oxygens (including phenoxy) is 2. The molecule has 162 valence electrons. The Morgan fingerprint density at radius 3 is 2.14 bits per heavy atom. The second-order valence-electron chi connectivity index (χ2n) is 7.90. The molecule has 2 rings (SSSR count). The number of nitrogens with zero attached hydrogens (tertiary/aromatic N) is 1. The maximum absolute atomic E-state index is 11.9. The van der Waals surface area contributed by atoms with E-state index in [-0.39, 0.29) is 12.7 Å². The van der Waals surface area contributed by atoms with Gasteiger partial charge in [-0.25, -0.2) is 5.43 Å². The number of benzene rings is 1. The quantitative estimate of drug-likeness (QED) is 0.199. The molecule has 1 aliphatic heterocycles. The Balaban J connectivity index is 1.39. The second-order valence-corrected chi connectivity index (χ2v) is 7.90. The molecule has 0 aromatic heterocycles. The maximum atomic E-state index is 11.9. The highest BCUT2D eigenvalue weighted by atomic mass is 16.7. The van der Waals surface area contributed by atoms with Crippen LogP contribution in [0.3, 0.4) is 0 Å². The minimum absolute atomic E-state index is 0.0231. The van der Waals surface area contributed by atoms with E-state index in [1.54, 1.807) is 6.21 Å². The van der Waals surface area contributed by atoms with Gasteiger partial charge in [-0.1, -0.05) is 84.0 Å². The molecule has 0 radical (unpaired) electrons. The topological polar surface area (TPSA) is 59.9 Å². The van der Waals surface area contributed by atoms with E-state index >= 15 is 0 Å². The third-order valence-electron chi connectivity index (χ3n) is 5.31. The highest BCUT2D eigenvalue weighted by molar-refractivity contribution is 5.83. The minimum atomic E-state index is -0.0231. The van der Waals surface area contributed by atoms with E-state index in [0.29, 0.717) is 12.2 Å². The van der Waals surface area contributed by atoms with Gasteiger partial charge in [0.15, 0.2) is 11.5 Å². The molecule has 1 aliphatic rings. The minimum Gasteiger partial charge on any atom is -0.454 e. The lowest BCUT2D eigenvalue weighted by Gasteiger charge is -2.03. The van der Waals surface area contributed by atoms with Crippen molar-refractivity contribution in [2.75, 3.05) is 6.79 Å². The molecule has 0 fully saturated rings. The van der Waals surface area contributed by atoms with Crippen LogP contribution in [0.1, 0.15) is 102 Å². The molecule has 1 aromatic rings. The van der Waals surface area contributed by atoms with Gasteiger partial charge in [0, 0.05) is 6.42 Å². The van der Waals surface area contributed by atoms with Crippen molar-refractivity contribution < 1.29 is 14.3 Å². The van der Waals surface area contributed by atoms with Crippen molar-refractivity contribution in [3.05, 3.63) is 23.8 Å². The Labute approximate surface area is 176 Å². The van der Waals surface area contributed by atoms with E-state index in [1.165, 1.54) is 70.6 Å². The first-order valence-electron chi connectivity index (χ1n) is 11.5. The number of fused-ring (bicyclic) bond motifs is 1. The van der Waals surface area contributed by atoms with Crippen molar-refractivity contribution in [2.45, 2.75) is 96.8 Å². The molecule has 0 atom stereocenters. The van der Waals surface area contributed by atoms with Crippen molar-refractivity contribution in [1.82, 2.24) is 5.43 Å². The van der Waals surface area contributed by atoms with Crippen LogP contribution in [0.2, 0.25) is 0 Å². The molecule has 0 saturated heterocycles. The van der Waals surface area contributed by atoms with Crippen molar-refractivity contribution in [3.63, 3.8) is 0 Å². The van der Waals surface area contributed by atoms with Gasteiger partial charge in [0.25, 0.3) is 0 Å². The number of hydrogen-bond donors (Lipinski definition) is 1. The largest absolute Gasteiger partial charge is 0.454 e. The molecule has 0 bridgehead atoms. The van der Waals surface area contributed by atoms with Gasteiger partial charge in [0.2, 0.25) is 12.7 Å². The fourth-order valence-corrected chi connectivity index (χ4v) is 3.53. The summed E-state index contributed by atoms with van der Waals surface area (Å²) in [5, 5.41) is 4.03. The van der Waals surface area contributed by atoms with E-state index in [9.17, 15) is 4.79 Å². The summed E-state index contributed by atoms with van der Waals surface area (Å²) in [6.07, 6.45) is 19.2. The fraction of sp³-hybridized carbons (Fsp3) is 0.667. The number of carbonyl (C=O) groups excluding carboxylic acids is 1. The lowest BCUT2D eigenvalue weighted by atomic mass is 10.0. The Bertz CT molecular complexity index is 616. The summed E-state index contributed by atoms with van der Waals surface area (Å²) < 4.78 is 10.6. The summed E-state index contributed by atoms with van der Waals surface area (Å²) in [5.74, 6) is 1.44. The average molecular weight is 403 g/mol. The van der Waals surface area contributed by atoms with E-state index in [1.807, 2.05) is 18.2 Å². The second kappa shape index (κ2) is 14.9. The molecule has 1 amide bonds. The first-order chi connectivity index (χ1) is 14.3. The first-order valence-corrected chi connectivity index (χ1v) is 11.5. The summed E-state index contributed by atoms with van der Waals surface area (Å²) >= 11 is 0. The monoisotopic (exact) mass is 402 g/mol. The highest BCUT2D eigenvalue weighted by Gasteiger charge is 2.12. The number of unbranched alkanes of at least 4 members (excludes halogenated alkanes) is 12. The molecule has 0 aliphatic carbocycles. The number of hydrazone groups is 1. The highest BCUT2D eigenvalue weighted by Crippen LogP contribution is 2.31. The molecule has 5 nitrogen and oxygen atoms in total. The predicted molar refractivity (Wildman–Crippen MR) is 119 cm³/mol. The zero-order chi connectivity index (χ0) is 20.6. The van der Waals surface area contributed by atoms with Crippen molar-refractivity contribution in [1.29, 1.82) is 0 Å². The molecule has 5 heteroatoms. The van der Waals surface area contributed by atoms with Crippen LogP contribution in [-0.4, -0.2) is 18.9 Å². The molecular formula is C24H38N2O3. The lowest BCUT2D eigenvalue weighted by molar-refractivity contribution is -0.121. The zero-order valence-corrected chi connectivity index (χ0v) is 18.1. The van der Waals surface area contributed by atoms with E-state index < -0.39 is 0 Å². The van der Waals surface area contributed by atoms with E-state index in [0.717, 1.165) is 24.2 Å². The van der Waals surface area contributed by atoms with Crippen LogP contribution in [-0.2, 0) is 4.79 Å². The first kappa shape index (κ1) is 23.2. The van der Waals surface area contributed by atoms with Gasteiger partial charge in [-0.3, -0.25) is 4.79 Å². The summed E-state index contributed by atoms with van der Waals surface area (Å²) in [6.45, 7) is 2.52. The van der Waals surface area contributed by atoms with Gasteiger partial charge >= 0.3 is 0 Å². The van der Waals surface area contributed by atoms with Crippen LogP contribution in [0.15, 0.2) is 23.3 Å². The summed E-state index contributed by atoms with van der Waals surface area (Å²) in [7, 11) is 0. The molecule has 1 heterocycles. The Morgan fingerprint density at radius 1 is 0.897 bits per heavy atom. The van der Waals surface area contributed by atoms with Gasteiger partial charge in [-0.15, -0.1) is 0 Å². The summed E-state index contributed by atoms with van der Waals surface area (Å²) in [5.41, 5.74) is 3.47. The number of amides is 1. The summed E-state index contributed by atoms with van der Waals surface area (Å²) in [6, 6.07) is 5.58. The molecule has 29 heavy (non-hydrogen) atoms. The maximum Gasteiger partial charge on any atom is 0.240 e. The Hall–Kier alpha value is -2.04. The summed E-state index contributed by atoms with van der Waals surface area (Å²) in [4.78, 5) is 11.9. The third-order valence-corrected chi connectivity index (χ3v) is 5.31. The van der Waals surface area contributed by atoms with Crippen LogP contribution < -0.4 is 14.9 Å². The molecule has 0 unspecified atom stereocenters. The van der Waals surface area contributed by atoms with Crippen molar-refractivity contribution in [3.8, 4) is 11.5 Å². The molecule has 1 N–H and O–H groups in total. The molecule has 0 spiro atoms. The van der Waals surface area contributed by atoms with Crippen molar-refractivity contribution in [2.24, 2.45) is 5.10 Å². The smallest absolute Gasteiger partial charge is 0.240 e. The van der Waals surface area contributed by atoms with E-state index in [2.05, 4.69) is 17.5 Å². The number of rotatable bonds is 16. The SMILES string of the molecule is CCCCCCCCCCCCCCCC(=O)N/N=C/c1ccc2c(c1)OCO2. The van der Waals surface area contributed by atoms with Crippen LogP contribution in [0.25, 0.3) is 0 Å². The fourth-order valence-electron chi connectivity index (χ4n) is 3.53. The molecular weight excluding hydrogens is 364 g/mol. The molecule has 1 aromatic carbocycles. The lowest BCUT2D eigenvalue weighted by Crippen LogP contribution is -2.16. The predicted octanol–water partition coefficient (Wildman–Crippen LogP) is 6.35. The molecule has 0 saturated carbocycles. The van der Waals surface area contributed by atoms with Gasteiger partial charge in [0.05, 0.1) is 6.21 Å². The average Bonchev–Trinajstić information content (AvgIpc) is 3.19. The number of carbonyl (C=O) groups is 1. The Kier molecular flexibility index (Phi) is 11.9.